The lowest BCUT2D eigenvalue weighted by molar-refractivity contribution is -0.104. The fraction of sp³-hybridized carbons (Fsp3) is 0.762. The van der Waals surface area contributed by atoms with Crippen molar-refractivity contribution < 1.29 is 5.11 Å². The van der Waals surface area contributed by atoms with Crippen LogP contribution in [0.5, 0.6) is 0 Å². The van der Waals surface area contributed by atoms with Crippen molar-refractivity contribution in [1.82, 2.24) is 0 Å². The first-order valence-corrected chi connectivity index (χ1v) is 9.45. The molecule has 0 bridgehead atoms. The maximum Gasteiger partial charge on any atom is 0.0833 e. The summed E-state index contributed by atoms with van der Waals surface area (Å²) in [5.41, 5.74) is 4.11. The largest absolute Gasteiger partial charge is 0.388 e. The maximum atomic E-state index is 11.2. The first-order valence-electron chi connectivity index (χ1n) is 9.45. The molecule has 2 fully saturated rings. The Bertz CT molecular complexity index is 612. The van der Waals surface area contributed by atoms with E-state index in [1.165, 1.54) is 37.7 Å². The summed E-state index contributed by atoms with van der Waals surface area (Å²) in [5.74, 6) is 2.11. The van der Waals surface area contributed by atoms with Gasteiger partial charge in [0, 0.05) is 5.41 Å². The molecule has 23 heavy (non-hydrogen) atoms. The number of nitriles is 1. The number of rotatable bonds is 1. The van der Waals surface area contributed by atoms with Gasteiger partial charge in [0.25, 0.3) is 0 Å². The molecule has 2 nitrogen and oxygen atoms in total. The van der Waals surface area contributed by atoms with E-state index in [0.29, 0.717) is 12.3 Å². The zero-order valence-corrected chi connectivity index (χ0v) is 14.4. The second-order valence-corrected chi connectivity index (χ2v) is 8.83. The summed E-state index contributed by atoms with van der Waals surface area (Å²) in [5, 5.41) is 20.3. The van der Waals surface area contributed by atoms with Crippen molar-refractivity contribution in [3.8, 4) is 6.07 Å². The predicted octanol–water partition coefficient (Wildman–Crippen LogP) is 4.90. The van der Waals surface area contributed by atoms with E-state index in [1.807, 2.05) is 0 Å². The van der Waals surface area contributed by atoms with Gasteiger partial charge < -0.3 is 5.11 Å². The third-order valence-electron chi connectivity index (χ3n) is 8.02. The minimum absolute atomic E-state index is 0.0414. The summed E-state index contributed by atoms with van der Waals surface area (Å²) in [6.07, 6.45) is 10.7. The fourth-order valence-electron chi connectivity index (χ4n) is 6.68. The summed E-state index contributed by atoms with van der Waals surface area (Å²) in [6, 6.07) is 2.26. The minimum Gasteiger partial charge on any atom is -0.388 e. The first kappa shape index (κ1) is 15.5. The number of fused-ring (bicyclic) bond motifs is 4. The predicted molar refractivity (Wildman–Crippen MR) is 91.5 cm³/mol. The van der Waals surface area contributed by atoms with E-state index < -0.39 is 5.60 Å². The highest BCUT2D eigenvalue weighted by molar-refractivity contribution is 5.32. The van der Waals surface area contributed by atoms with E-state index in [-0.39, 0.29) is 5.41 Å². The van der Waals surface area contributed by atoms with Gasteiger partial charge in [-0.3, -0.25) is 0 Å². The van der Waals surface area contributed by atoms with Gasteiger partial charge in [0.15, 0.2) is 0 Å². The summed E-state index contributed by atoms with van der Waals surface area (Å²) in [4.78, 5) is 0. The van der Waals surface area contributed by atoms with E-state index in [2.05, 4.69) is 19.6 Å². The molecular formula is C21H29NO. The molecule has 0 aromatic heterocycles. The quantitative estimate of drug-likeness (QED) is 0.700. The van der Waals surface area contributed by atoms with Crippen LogP contribution in [-0.4, -0.2) is 10.7 Å². The molecule has 0 radical (unpaired) electrons. The van der Waals surface area contributed by atoms with Gasteiger partial charge in [-0.15, -0.1) is 0 Å². The van der Waals surface area contributed by atoms with Crippen LogP contribution >= 0.6 is 0 Å². The van der Waals surface area contributed by atoms with Crippen LogP contribution in [0.4, 0.5) is 0 Å². The molecule has 0 saturated heterocycles. The number of hydrogen-bond donors (Lipinski definition) is 1. The average molecular weight is 311 g/mol. The van der Waals surface area contributed by atoms with Gasteiger partial charge >= 0.3 is 0 Å². The molecule has 0 aliphatic heterocycles. The molecule has 1 N–H and O–H groups in total. The fourth-order valence-corrected chi connectivity index (χ4v) is 6.68. The van der Waals surface area contributed by atoms with Crippen molar-refractivity contribution in [3.05, 3.63) is 23.3 Å². The highest BCUT2D eigenvalue weighted by atomic mass is 16.3. The number of aliphatic hydroxyl groups is 1. The first-order chi connectivity index (χ1) is 11.0. The van der Waals surface area contributed by atoms with Gasteiger partial charge in [0.05, 0.1) is 18.1 Å². The van der Waals surface area contributed by atoms with Gasteiger partial charge in [-0.2, -0.15) is 5.26 Å². The molecule has 4 aliphatic carbocycles. The third kappa shape index (κ3) is 2.09. The molecule has 0 aromatic rings. The van der Waals surface area contributed by atoms with Crippen molar-refractivity contribution in [3.63, 3.8) is 0 Å². The highest BCUT2D eigenvalue weighted by Crippen LogP contribution is 2.65. The minimum atomic E-state index is -0.743. The van der Waals surface area contributed by atoms with Crippen LogP contribution in [-0.2, 0) is 0 Å². The van der Waals surface area contributed by atoms with Gasteiger partial charge in [-0.05, 0) is 75.5 Å². The summed E-state index contributed by atoms with van der Waals surface area (Å²) < 4.78 is 0. The molecular weight excluding hydrogens is 282 g/mol. The molecule has 5 atom stereocenters. The maximum absolute atomic E-state index is 11.2. The Morgan fingerprint density at radius 2 is 2.04 bits per heavy atom. The van der Waals surface area contributed by atoms with E-state index in [1.54, 1.807) is 11.1 Å². The lowest BCUT2D eigenvalue weighted by Gasteiger charge is -2.54. The van der Waals surface area contributed by atoms with Crippen LogP contribution in [0.3, 0.4) is 0 Å². The standard InChI is InChI=1S/C21H29NO/c1-14-3-5-16-15(13-14)4-6-18-17(16)7-9-20(2)19(18)8-10-21(20,23)11-12-22/h17-19,23H,1,3-11,13H2,2H3/t17-,18-,19+,20+,21-/m1/s1. The van der Waals surface area contributed by atoms with Crippen molar-refractivity contribution in [2.45, 2.75) is 76.7 Å². The van der Waals surface area contributed by atoms with Gasteiger partial charge in [0.1, 0.15) is 0 Å². The van der Waals surface area contributed by atoms with E-state index in [0.717, 1.165) is 37.5 Å². The Labute approximate surface area is 140 Å². The van der Waals surface area contributed by atoms with Crippen molar-refractivity contribution in [2.75, 3.05) is 0 Å². The van der Waals surface area contributed by atoms with Crippen LogP contribution in [0.1, 0.15) is 71.1 Å². The van der Waals surface area contributed by atoms with Gasteiger partial charge in [-0.25, -0.2) is 0 Å². The van der Waals surface area contributed by atoms with Crippen LogP contribution < -0.4 is 0 Å². The Balaban J connectivity index is 1.64. The Hall–Kier alpha value is -1.07. The number of allylic oxidation sites excluding steroid dienone is 3. The summed E-state index contributed by atoms with van der Waals surface area (Å²) in [7, 11) is 0. The van der Waals surface area contributed by atoms with Crippen LogP contribution in [0.15, 0.2) is 23.3 Å². The number of hydrogen-bond acceptors (Lipinski definition) is 2. The SMILES string of the molecule is C=C1CCC2=C(CC[C@@H]3[C@@H]2CC[C@@]2(C)[C@H]3CC[C@@]2(O)CC#N)C1. The molecule has 2 heteroatoms. The molecule has 4 rings (SSSR count). The molecule has 0 amide bonds. The molecule has 0 aromatic carbocycles. The average Bonchev–Trinajstić information content (AvgIpc) is 2.79. The van der Waals surface area contributed by atoms with E-state index in [9.17, 15) is 10.4 Å². The number of nitrogens with zero attached hydrogens (tertiary/aromatic N) is 1. The van der Waals surface area contributed by atoms with E-state index >= 15 is 0 Å². The smallest absolute Gasteiger partial charge is 0.0833 e. The van der Waals surface area contributed by atoms with Gasteiger partial charge in [-0.1, -0.05) is 30.2 Å². The zero-order valence-electron chi connectivity index (χ0n) is 14.4. The Morgan fingerprint density at radius 3 is 2.83 bits per heavy atom. The molecule has 0 spiro atoms. The molecule has 2 saturated carbocycles. The van der Waals surface area contributed by atoms with Crippen molar-refractivity contribution >= 4 is 0 Å². The monoisotopic (exact) mass is 311 g/mol. The molecule has 124 valence electrons. The second kappa shape index (κ2) is 5.21. The molecule has 0 heterocycles. The summed E-state index contributed by atoms with van der Waals surface area (Å²) >= 11 is 0. The van der Waals surface area contributed by atoms with Crippen LogP contribution in [0.25, 0.3) is 0 Å². The normalized spacial score (nSPS) is 46.0. The highest BCUT2D eigenvalue weighted by Gasteiger charge is 2.61. The zero-order chi connectivity index (χ0) is 16.2. The Kier molecular flexibility index (Phi) is 3.50. The summed E-state index contributed by atoms with van der Waals surface area (Å²) in [6.45, 7) is 6.50. The molecule has 0 unspecified atom stereocenters. The van der Waals surface area contributed by atoms with Gasteiger partial charge in [0.2, 0.25) is 0 Å². The second-order valence-electron chi connectivity index (χ2n) is 8.83. The lowest BCUT2D eigenvalue weighted by Crippen LogP contribution is -2.51. The topological polar surface area (TPSA) is 44.0 Å². The molecule has 4 aliphatic rings. The lowest BCUT2D eigenvalue weighted by atomic mass is 9.52. The third-order valence-corrected chi connectivity index (χ3v) is 8.02. The van der Waals surface area contributed by atoms with Crippen molar-refractivity contribution in [2.24, 2.45) is 23.2 Å². The van der Waals surface area contributed by atoms with E-state index in [4.69, 9.17) is 0 Å². The Morgan fingerprint density at radius 1 is 1.22 bits per heavy atom. The van der Waals surface area contributed by atoms with Crippen LogP contribution in [0, 0.1) is 34.5 Å². The van der Waals surface area contributed by atoms with Crippen molar-refractivity contribution in [1.29, 1.82) is 5.26 Å². The van der Waals surface area contributed by atoms with Crippen LogP contribution in [0.2, 0.25) is 0 Å².